The van der Waals surface area contributed by atoms with Crippen LogP contribution in [0.1, 0.15) is 23.1 Å². The molecule has 1 aliphatic rings. The van der Waals surface area contributed by atoms with Gasteiger partial charge in [-0.2, -0.15) is 0 Å². The quantitative estimate of drug-likeness (QED) is 0.794. The summed E-state index contributed by atoms with van der Waals surface area (Å²) in [7, 11) is 1.42. The number of methoxy groups -OCH3 is 1. The predicted molar refractivity (Wildman–Crippen MR) is 85.0 cm³/mol. The number of carbonyl (C=O) groups excluding carboxylic acids is 1. The molecule has 1 aliphatic carbocycles. The Bertz CT molecular complexity index is 621. The normalized spacial score (nSPS) is 13.7. The maximum Gasteiger partial charge on any atom is 0.305 e. The lowest BCUT2D eigenvalue weighted by atomic mass is 10.1. The van der Waals surface area contributed by atoms with Crippen LogP contribution in [0.2, 0.25) is 0 Å². The zero-order valence-corrected chi connectivity index (χ0v) is 12.7. The average Bonchev–Trinajstić information content (AvgIpc) is 2.96. The third-order valence-electron chi connectivity index (χ3n) is 4.09. The smallest absolute Gasteiger partial charge is 0.305 e. The van der Waals surface area contributed by atoms with Crippen molar-refractivity contribution >= 4 is 5.97 Å². The number of benzene rings is 2. The van der Waals surface area contributed by atoms with Crippen LogP contribution in [0.5, 0.6) is 5.75 Å². The van der Waals surface area contributed by atoms with E-state index in [9.17, 15) is 4.79 Å². The van der Waals surface area contributed by atoms with E-state index in [2.05, 4.69) is 29.0 Å². The fourth-order valence-corrected chi connectivity index (χ4v) is 2.88. The number of rotatable bonds is 5. The summed E-state index contributed by atoms with van der Waals surface area (Å²) >= 11 is 0. The molecule has 0 N–H and O–H groups in total. The van der Waals surface area contributed by atoms with Gasteiger partial charge in [0.25, 0.3) is 0 Å². The highest BCUT2D eigenvalue weighted by Crippen LogP contribution is 2.25. The Balaban J connectivity index is 1.55. The van der Waals surface area contributed by atoms with Crippen LogP contribution in [0, 0.1) is 0 Å². The Morgan fingerprint density at radius 3 is 2.27 bits per heavy atom. The van der Waals surface area contributed by atoms with Crippen molar-refractivity contribution in [2.45, 2.75) is 31.8 Å². The van der Waals surface area contributed by atoms with Gasteiger partial charge in [0.1, 0.15) is 11.9 Å². The molecule has 0 bridgehead atoms. The van der Waals surface area contributed by atoms with E-state index in [0.29, 0.717) is 12.8 Å². The highest BCUT2D eigenvalue weighted by Gasteiger charge is 2.22. The lowest BCUT2D eigenvalue weighted by molar-refractivity contribution is -0.140. The van der Waals surface area contributed by atoms with E-state index < -0.39 is 0 Å². The van der Waals surface area contributed by atoms with Crippen LogP contribution in [0.15, 0.2) is 48.5 Å². The zero-order chi connectivity index (χ0) is 15.4. The molecule has 2 aromatic rings. The first-order chi connectivity index (χ1) is 10.7. The van der Waals surface area contributed by atoms with Gasteiger partial charge in [0.05, 0.1) is 7.11 Å². The van der Waals surface area contributed by atoms with Gasteiger partial charge in [-0.25, -0.2) is 0 Å². The Morgan fingerprint density at radius 2 is 1.68 bits per heavy atom. The third-order valence-corrected chi connectivity index (χ3v) is 4.09. The van der Waals surface area contributed by atoms with Gasteiger partial charge < -0.3 is 9.47 Å². The first-order valence-corrected chi connectivity index (χ1v) is 7.64. The summed E-state index contributed by atoms with van der Waals surface area (Å²) in [6.45, 7) is 0. The van der Waals surface area contributed by atoms with Gasteiger partial charge in [-0.15, -0.1) is 0 Å². The van der Waals surface area contributed by atoms with Gasteiger partial charge in [-0.3, -0.25) is 4.79 Å². The van der Waals surface area contributed by atoms with Crippen LogP contribution in [-0.4, -0.2) is 19.2 Å². The van der Waals surface area contributed by atoms with Gasteiger partial charge in [-0.1, -0.05) is 36.4 Å². The summed E-state index contributed by atoms with van der Waals surface area (Å²) in [6.07, 6.45) is 3.27. The minimum Gasteiger partial charge on any atom is -0.490 e. The standard InChI is InChI=1S/C19H20O3/c1-21-19(20)11-8-14-6-9-17(10-7-14)22-18-12-15-4-2-3-5-16(15)13-18/h2-7,9-10,18H,8,11-13H2,1H3. The molecule has 0 fully saturated rings. The number of fused-ring (bicyclic) bond motifs is 1. The van der Waals surface area contributed by atoms with E-state index in [-0.39, 0.29) is 12.1 Å². The van der Waals surface area contributed by atoms with Gasteiger partial charge in [0.15, 0.2) is 0 Å². The summed E-state index contributed by atoms with van der Waals surface area (Å²) in [5, 5.41) is 0. The number of hydrogen-bond acceptors (Lipinski definition) is 3. The van der Waals surface area contributed by atoms with Gasteiger partial charge in [0, 0.05) is 19.3 Å². The van der Waals surface area contributed by atoms with E-state index >= 15 is 0 Å². The molecule has 3 nitrogen and oxygen atoms in total. The molecule has 0 aromatic heterocycles. The van der Waals surface area contributed by atoms with E-state index in [1.54, 1.807) is 0 Å². The second-order valence-electron chi connectivity index (χ2n) is 5.64. The van der Waals surface area contributed by atoms with E-state index in [1.807, 2.05) is 24.3 Å². The largest absolute Gasteiger partial charge is 0.490 e. The van der Waals surface area contributed by atoms with Crippen molar-refractivity contribution < 1.29 is 14.3 Å². The SMILES string of the molecule is COC(=O)CCc1ccc(OC2Cc3ccccc3C2)cc1. The number of hydrogen-bond donors (Lipinski definition) is 0. The summed E-state index contributed by atoms with van der Waals surface area (Å²) in [4.78, 5) is 11.1. The molecule has 0 aliphatic heterocycles. The molecule has 3 rings (SSSR count). The van der Waals surface area contributed by atoms with Crippen molar-refractivity contribution in [2.75, 3.05) is 7.11 Å². The molecule has 0 saturated carbocycles. The number of esters is 1. The molecule has 0 heterocycles. The first-order valence-electron chi connectivity index (χ1n) is 7.64. The molecule has 0 atom stereocenters. The Morgan fingerprint density at radius 1 is 1.05 bits per heavy atom. The van der Waals surface area contributed by atoms with Crippen LogP contribution in [-0.2, 0) is 28.8 Å². The van der Waals surface area contributed by atoms with Crippen LogP contribution in [0.25, 0.3) is 0 Å². The van der Waals surface area contributed by atoms with E-state index in [0.717, 1.165) is 24.2 Å². The van der Waals surface area contributed by atoms with Crippen LogP contribution in [0.4, 0.5) is 0 Å². The van der Waals surface area contributed by atoms with Crippen molar-refractivity contribution in [3.05, 3.63) is 65.2 Å². The van der Waals surface area contributed by atoms with Crippen LogP contribution >= 0.6 is 0 Å². The van der Waals surface area contributed by atoms with Gasteiger partial charge in [0.2, 0.25) is 0 Å². The second kappa shape index (κ2) is 6.65. The Kier molecular flexibility index (Phi) is 4.42. The van der Waals surface area contributed by atoms with Gasteiger partial charge >= 0.3 is 5.97 Å². The van der Waals surface area contributed by atoms with Crippen LogP contribution < -0.4 is 4.74 Å². The molecule has 0 spiro atoms. The van der Waals surface area contributed by atoms with Crippen molar-refractivity contribution in [1.29, 1.82) is 0 Å². The number of carbonyl (C=O) groups is 1. The molecule has 114 valence electrons. The molecule has 0 unspecified atom stereocenters. The Labute approximate surface area is 130 Å². The number of aryl methyl sites for hydroxylation is 1. The summed E-state index contributed by atoms with van der Waals surface area (Å²) in [5.74, 6) is 0.712. The first kappa shape index (κ1) is 14.6. The van der Waals surface area contributed by atoms with Crippen molar-refractivity contribution in [3.63, 3.8) is 0 Å². The zero-order valence-electron chi connectivity index (χ0n) is 12.7. The highest BCUT2D eigenvalue weighted by molar-refractivity contribution is 5.69. The molecule has 2 aromatic carbocycles. The maximum absolute atomic E-state index is 11.1. The molecule has 0 amide bonds. The average molecular weight is 296 g/mol. The molecule has 22 heavy (non-hydrogen) atoms. The van der Waals surface area contributed by atoms with Crippen LogP contribution in [0.3, 0.4) is 0 Å². The minimum atomic E-state index is -0.177. The Hall–Kier alpha value is -2.29. The van der Waals surface area contributed by atoms with E-state index in [1.165, 1.54) is 18.2 Å². The second-order valence-corrected chi connectivity index (χ2v) is 5.64. The lowest BCUT2D eigenvalue weighted by Gasteiger charge is -2.13. The lowest BCUT2D eigenvalue weighted by Crippen LogP contribution is -2.16. The summed E-state index contributed by atoms with van der Waals surface area (Å²) < 4.78 is 10.7. The molecular formula is C19H20O3. The fourth-order valence-electron chi connectivity index (χ4n) is 2.88. The molecular weight excluding hydrogens is 276 g/mol. The predicted octanol–water partition coefficient (Wildman–Crippen LogP) is 3.34. The third kappa shape index (κ3) is 3.48. The highest BCUT2D eigenvalue weighted by atomic mass is 16.5. The summed E-state index contributed by atoms with van der Waals surface area (Å²) in [5.41, 5.74) is 3.90. The van der Waals surface area contributed by atoms with Crippen molar-refractivity contribution in [2.24, 2.45) is 0 Å². The van der Waals surface area contributed by atoms with Crippen molar-refractivity contribution in [3.8, 4) is 5.75 Å². The van der Waals surface area contributed by atoms with Crippen molar-refractivity contribution in [1.82, 2.24) is 0 Å². The summed E-state index contributed by atoms with van der Waals surface area (Å²) in [6, 6.07) is 16.5. The maximum atomic E-state index is 11.1. The molecule has 0 radical (unpaired) electrons. The monoisotopic (exact) mass is 296 g/mol. The van der Waals surface area contributed by atoms with Gasteiger partial charge in [-0.05, 0) is 35.2 Å². The van der Waals surface area contributed by atoms with E-state index in [4.69, 9.17) is 4.74 Å². The topological polar surface area (TPSA) is 35.5 Å². The minimum absolute atomic E-state index is 0.177. The number of ether oxygens (including phenoxy) is 2. The fraction of sp³-hybridized carbons (Fsp3) is 0.316. The molecule has 3 heteroatoms. The molecule has 0 saturated heterocycles.